The van der Waals surface area contributed by atoms with E-state index in [-0.39, 0.29) is 11.6 Å². The molecule has 1 aliphatic carbocycles. The van der Waals surface area contributed by atoms with Crippen LogP contribution in [-0.4, -0.2) is 20.7 Å². The zero-order valence-corrected chi connectivity index (χ0v) is 16.0. The summed E-state index contributed by atoms with van der Waals surface area (Å²) in [5.41, 5.74) is 3.38. The van der Waals surface area contributed by atoms with Crippen molar-refractivity contribution in [1.29, 1.82) is 0 Å². The van der Waals surface area contributed by atoms with Gasteiger partial charge in [-0.25, -0.2) is 4.98 Å². The van der Waals surface area contributed by atoms with Gasteiger partial charge in [-0.2, -0.15) is 13.2 Å². The van der Waals surface area contributed by atoms with E-state index >= 15 is 0 Å². The zero-order chi connectivity index (χ0) is 20.2. The Morgan fingerprint density at radius 2 is 1.83 bits per heavy atom. The summed E-state index contributed by atoms with van der Waals surface area (Å²) in [5, 5.41) is 6.65. The third kappa shape index (κ3) is 2.90. The summed E-state index contributed by atoms with van der Waals surface area (Å²) in [6, 6.07) is 13.4. The lowest BCUT2D eigenvalue weighted by Gasteiger charge is -2.47. The van der Waals surface area contributed by atoms with Crippen molar-refractivity contribution in [2.45, 2.75) is 30.6 Å². The number of aromatic nitrogens is 2. The molecule has 1 spiro atoms. The largest absolute Gasteiger partial charge is 0.416 e. The number of alkyl halides is 3. The SMILES string of the molecule is FC(F)(F)c1ccc(NC(=S)NC2CC3(C2)c2ccccc2-c2cncn23)cc1. The van der Waals surface area contributed by atoms with Gasteiger partial charge in [0.05, 0.1) is 29.3 Å². The van der Waals surface area contributed by atoms with Crippen LogP contribution in [-0.2, 0) is 11.7 Å². The molecule has 29 heavy (non-hydrogen) atoms. The Labute approximate surface area is 170 Å². The summed E-state index contributed by atoms with van der Waals surface area (Å²) in [4.78, 5) is 4.31. The first kappa shape index (κ1) is 18.2. The van der Waals surface area contributed by atoms with Crippen molar-refractivity contribution >= 4 is 23.0 Å². The van der Waals surface area contributed by atoms with E-state index in [0.29, 0.717) is 10.8 Å². The van der Waals surface area contributed by atoms with Gasteiger partial charge in [0.2, 0.25) is 0 Å². The molecule has 2 aliphatic rings. The van der Waals surface area contributed by atoms with Crippen LogP contribution in [0.4, 0.5) is 18.9 Å². The van der Waals surface area contributed by atoms with Gasteiger partial charge in [0, 0.05) is 17.3 Å². The van der Waals surface area contributed by atoms with Gasteiger partial charge in [-0.1, -0.05) is 24.3 Å². The minimum Gasteiger partial charge on any atom is -0.360 e. The number of halogens is 3. The van der Waals surface area contributed by atoms with Gasteiger partial charge in [0.15, 0.2) is 5.11 Å². The second kappa shape index (κ2) is 6.32. The molecule has 3 aromatic rings. The Morgan fingerprint density at radius 1 is 1.10 bits per heavy atom. The maximum absolute atomic E-state index is 12.7. The lowest BCUT2D eigenvalue weighted by atomic mass is 9.68. The van der Waals surface area contributed by atoms with E-state index in [1.54, 1.807) is 0 Å². The average molecular weight is 414 g/mol. The zero-order valence-electron chi connectivity index (χ0n) is 15.2. The number of benzene rings is 2. The van der Waals surface area contributed by atoms with Crippen LogP contribution < -0.4 is 10.6 Å². The number of hydrogen-bond donors (Lipinski definition) is 2. The third-order valence-corrected chi connectivity index (χ3v) is 6.00. The highest BCUT2D eigenvalue weighted by molar-refractivity contribution is 7.80. The molecule has 0 unspecified atom stereocenters. The minimum atomic E-state index is -4.35. The van der Waals surface area contributed by atoms with E-state index in [1.165, 1.54) is 23.3 Å². The van der Waals surface area contributed by atoms with Gasteiger partial charge in [0.1, 0.15) is 0 Å². The van der Waals surface area contributed by atoms with Crippen LogP contribution in [0.3, 0.4) is 0 Å². The molecular weight excluding hydrogens is 397 g/mol. The molecule has 2 N–H and O–H groups in total. The van der Waals surface area contributed by atoms with Crippen LogP contribution in [0.2, 0.25) is 0 Å². The number of anilines is 1. The molecule has 0 radical (unpaired) electrons. The van der Waals surface area contributed by atoms with Crippen LogP contribution in [0, 0.1) is 0 Å². The predicted molar refractivity (Wildman–Crippen MR) is 109 cm³/mol. The Bertz CT molecular complexity index is 1080. The van der Waals surface area contributed by atoms with E-state index < -0.39 is 11.7 Å². The van der Waals surface area contributed by atoms with Crippen molar-refractivity contribution in [2.75, 3.05) is 5.32 Å². The first-order valence-corrected chi connectivity index (χ1v) is 9.65. The van der Waals surface area contributed by atoms with E-state index in [9.17, 15) is 13.2 Å². The molecule has 0 atom stereocenters. The van der Waals surface area contributed by atoms with E-state index in [2.05, 4.69) is 38.4 Å². The van der Waals surface area contributed by atoms with E-state index in [4.69, 9.17) is 12.2 Å². The second-order valence-corrected chi connectivity index (χ2v) is 7.91. The van der Waals surface area contributed by atoms with Gasteiger partial charge < -0.3 is 15.2 Å². The standard InChI is InChI=1S/C21H17F3N4S/c22-21(23,24)13-5-7-14(8-6-13)26-19(29)27-15-9-20(10-15)17-4-2-1-3-16(17)18-11-25-12-28(18)20/h1-8,11-12,15H,9-10H2,(H2,26,27,29). The van der Waals surface area contributed by atoms with Crippen molar-refractivity contribution in [3.8, 4) is 11.3 Å². The quantitative estimate of drug-likeness (QED) is 0.593. The fraction of sp³-hybridized carbons (Fsp3) is 0.238. The fourth-order valence-electron chi connectivity index (χ4n) is 4.45. The van der Waals surface area contributed by atoms with Gasteiger partial charge in [0.25, 0.3) is 0 Å². The summed E-state index contributed by atoms with van der Waals surface area (Å²) < 4.78 is 40.3. The molecule has 2 heterocycles. The molecule has 1 aliphatic heterocycles. The normalized spacial score (nSPS) is 22.0. The lowest BCUT2D eigenvalue weighted by Crippen LogP contribution is -2.56. The molecule has 0 amide bonds. The highest BCUT2D eigenvalue weighted by Crippen LogP contribution is 2.54. The summed E-state index contributed by atoms with van der Waals surface area (Å²) in [6.07, 6.45) is 1.15. The Kier molecular flexibility index (Phi) is 3.96. The van der Waals surface area contributed by atoms with Crippen LogP contribution >= 0.6 is 12.2 Å². The summed E-state index contributed by atoms with van der Waals surface area (Å²) >= 11 is 5.36. The molecule has 1 aromatic heterocycles. The predicted octanol–water partition coefficient (Wildman–Crippen LogP) is 4.77. The van der Waals surface area contributed by atoms with Crippen LogP contribution in [0.25, 0.3) is 11.3 Å². The number of rotatable bonds is 2. The molecule has 0 bridgehead atoms. The second-order valence-electron chi connectivity index (χ2n) is 7.50. The minimum absolute atomic E-state index is 0.107. The molecule has 8 heteroatoms. The Balaban J connectivity index is 1.25. The van der Waals surface area contributed by atoms with Crippen molar-refractivity contribution in [3.05, 3.63) is 72.2 Å². The molecule has 5 rings (SSSR count). The molecular formula is C21H17F3N4S. The Hall–Kier alpha value is -2.87. The highest BCUT2D eigenvalue weighted by atomic mass is 32.1. The number of nitrogens with zero attached hydrogens (tertiary/aromatic N) is 2. The van der Waals surface area contributed by atoms with Crippen molar-refractivity contribution in [1.82, 2.24) is 14.9 Å². The average Bonchev–Trinajstić information content (AvgIpc) is 3.22. The maximum atomic E-state index is 12.7. The number of imidazole rings is 1. The lowest BCUT2D eigenvalue weighted by molar-refractivity contribution is -0.137. The smallest absolute Gasteiger partial charge is 0.360 e. The van der Waals surface area contributed by atoms with Gasteiger partial charge in [-0.05, 0) is 54.9 Å². The molecule has 1 fully saturated rings. The number of fused-ring (bicyclic) bond motifs is 5. The van der Waals surface area contributed by atoms with Crippen molar-refractivity contribution in [2.24, 2.45) is 0 Å². The molecule has 1 saturated carbocycles. The first-order valence-electron chi connectivity index (χ1n) is 9.24. The van der Waals surface area contributed by atoms with E-state index in [0.717, 1.165) is 30.7 Å². The molecule has 0 saturated heterocycles. The van der Waals surface area contributed by atoms with Crippen LogP contribution in [0.5, 0.6) is 0 Å². The summed E-state index contributed by atoms with van der Waals surface area (Å²) in [7, 11) is 0. The van der Waals surface area contributed by atoms with Crippen LogP contribution in [0.15, 0.2) is 61.1 Å². The number of nitrogens with one attached hydrogen (secondary N) is 2. The van der Waals surface area contributed by atoms with Crippen molar-refractivity contribution in [3.63, 3.8) is 0 Å². The summed E-state index contributed by atoms with van der Waals surface area (Å²) in [5.74, 6) is 0. The third-order valence-electron chi connectivity index (χ3n) is 5.78. The number of hydrogen-bond acceptors (Lipinski definition) is 2. The molecule has 4 nitrogen and oxygen atoms in total. The maximum Gasteiger partial charge on any atom is 0.416 e. The Morgan fingerprint density at radius 3 is 2.55 bits per heavy atom. The topological polar surface area (TPSA) is 41.9 Å². The number of thiocarbonyl (C=S) groups is 1. The van der Waals surface area contributed by atoms with Gasteiger partial charge in [-0.15, -0.1) is 0 Å². The van der Waals surface area contributed by atoms with Gasteiger partial charge >= 0.3 is 6.18 Å². The van der Waals surface area contributed by atoms with Gasteiger partial charge in [-0.3, -0.25) is 0 Å². The van der Waals surface area contributed by atoms with Crippen LogP contribution in [0.1, 0.15) is 24.0 Å². The molecule has 148 valence electrons. The fourth-order valence-corrected chi connectivity index (χ4v) is 4.73. The highest BCUT2D eigenvalue weighted by Gasteiger charge is 2.52. The van der Waals surface area contributed by atoms with Crippen molar-refractivity contribution < 1.29 is 13.2 Å². The van der Waals surface area contributed by atoms with E-state index in [1.807, 2.05) is 18.6 Å². The first-order chi connectivity index (χ1) is 13.9. The molecule has 2 aromatic carbocycles. The summed E-state index contributed by atoms with van der Waals surface area (Å²) in [6.45, 7) is 0. The monoisotopic (exact) mass is 414 g/mol.